The SMILES string of the molecule is O=C1CN(Cc2ccccc2)C2CS(=O)(=O)CC2N1c1cc(Cl)cc(Cl)c1. The first kappa shape index (κ1) is 18.7. The zero-order valence-corrected chi connectivity index (χ0v) is 16.7. The number of piperazine rings is 1. The number of nitrogens with zero attached hydrogens (tertiary/aromatic N) is 2. The summed E-state index contributed by atoms with van der Waals surface area (Å²) in [4.78, 5) is 16.5. The van der Waals surface area contributed by atoms with Gasteiger partial charge in [0.2, 0.25) is 5.91 Å². The first-order valence-electron chi connectivity index (χ1n) is 8.59. The third-order valence-corrected chi connectivity index (χ3v) is 7.19. The molecule has 4 rings (SSSR count). The minimum Gasteiger partial charge on any atom is -0.306 e. The molecule has 0 aliphatic carbocycles. The lowest BCUT2D eigenvalue weighted by Gasteiger charge is -2.43. The summed E-state index contributed by atoms with van der Waals surface area (Å²) in [5.74, 6) is -0.163. The van der Waals surface area contributed by atoms with Gasteiger partial charge in [0, 0.05) is 28.3 Å². The monoisotopic (exact) mass is 424 g/mol. The number of halogens is 2. The lowest BCUT2D eigenvalue weighted by molar-refractivity contribution is -0.123. The minimum absolute atomic E-state index is 0.0442. The standard InChI is InChI=1S/C19H18Cl2N2O3S/c20-14-6-15(21)8-16(7-14)23-18-12-27(25,26)11-17(18)22(10-19(23)24)9-13-4-2-1-3-5-13/h1-8,17-18H,9-12H2. The van der Waals surface area contributed by atoms with Gasteiger partial charge in [0.05, 0.1) is 24.1 Å². The van der Waals surface area contributed by atoms with Gasteiger partial charge in [0.1, 0.15) is 0 Å². The maximum atomic E-state index is 13.0. The van der Waals surface area contributed by atoms with E-state index in [9.17, 15) is 13.2 Å². The number of sulfone groups is 1. The summed E-state index contributed by atoms with van der Waals surface area (Å²) >= 11 is 12.2. The van der Waals surface area contributed by atoms with Crippen LogP contribution in [-0.2, 0) is 21.2 Å². The van der Waals surface area contributed by atoms with Gasteiger partial charge in [-0.25, -0.2) is 8.42 Å². The van der Waals surface area contributed by atoms with Gasteiger partial charge in [-0.1, -0.05) is 53.5 Å². The van der Waals surface area contributed by atoms with E-state index in [2.05, 4.69) is 0 Å². The molecule has 0 aromatic heterocycles. The van der Waals surface area contributed by atoms with E-state index in [0.29, 0.717) is 22.3 Å². The maximum absolute atomic E-state index is 13.0. The second-order valence-electron chi connectivity index (χ2n) is 6.99. The fourth-order valence-corrected chi connectivity index (χ4v) is 6.46. The molecule has 2 atom stereocenters. The Bertz CT molecular complexity index is 961. The quantitative estimate of drug-likeness (QED) is 0.759. The van der Waals surface area contributed by atoms with Crippen LogP contribution in [0.25, 0.3) is 0 Å². The molecule has 0 spiro atoms. The molecule has 8 heteroatoms. The first-order chi connectivity index (χ1) is 12.8. The molecule has 2 aliphatic heterocycles. The van der Waals surface area contributed by atoms with Gasteiger partial charge in [-0.05, 0) is 23.8 Å². The smallest absolute Gasteiger partial charge is 0.241 e. The van der Waals surface area contributed by atoms with Crippen LogP contribution in [0.15, 0.2) is 48.5 Å². The largest absolute Gasteiger partial charge is 0.306 e. The van der Waals surface area contributed by atoms with E-state index in [4.69, 9.17) is 23.2 Å². The van der Waals surface area contributed by atoms with Crippen LogP contribution in [0.4, 0.5) is 5.69 Å². The molecule has 5 nitrogen and oxygen atoms in total. The summed E-state index contributed by atoms with van der Waals surface area (Å²) in [7, 11) is -3.24. The average molecular weight is 425 g/mol. The predicted molar refractivity (Wildman–Crippen MR) is 107 cm³/mol. The molecule has 2 aliphatic rings. The van der Waals surface area contributed by atoms with E-state index < -0.39 is 15.9 Å². The molecular formula is C19H18Cl2N2O3S. The molecule has 2 unspecified atom stereocenters. The summed E-state index contributed by atoms with van der Waals surface area (Å²) in [6.07, 6.45) is 0. The van der Waals surface area contributed by atoms with Crippen molar-refractivity contribution in [1.82, 2.24) is 4.90 Å². The van der Waals surface area contributed by atoms with Gasteiger partial charge in [0.15, 0.2) is 9.84 Å². The van der Waals surface area contributed by atoms with E-state index in [0.717, 1.165) is 5.56 Å². The minimum atomic E-state index is -3.24. The number of hydrogen-bond acceptors (Lipinski definition) is 4. The Labute approximate surface area is 168 Å². The van der Waals surface area contributed by atoms with Crippen LogP contribution < -0.4 is 4.90 Å². The first-order valence-corrected chi connectivity index (χ1v) is 11.2. The Hall–Kier alpha value is -1.60. The van der Waals surface area contributed by atoms with Crippen molar-refractivity contribution in [2.45, 2.75) is 18.6 Å². The van der Waals surface area contributed by atoms with Gasteiger partial charge < -0.3 is 4.90 Å². The molecule has 0 radical (unpaired) electrons. The number of rotatable bonds is 3. The second kappa shape index (κ2) is 7.09. The zero-order chi connectivity index (χ0) is 19.2. The molecule has 0 N–H and O–H groups in total. The van der Waals surface area contributed by atoms with Crippen molar-refractivity contribution in [2.75, 3.05) is 23.0 Å². The van der Waals surface area contributed by atoms with Crippen LogP contribution in [0.1, 0.15) is 5.56 Å². The summed E-state index contributed by atoms with van der Waals surface area (Å²) in [5.41, 5.74) is 1.59. The maximum Gasteiger partial charge on any atom is 0.241 e. The Kier molecular flexibility index (Phi) is 4.93. The molecular weight excluding hydrogens is 407 g/mol. The predicted octanol–water partition coefficient (Wildman–Crippen LogP) is 3.01. The lowest BCUT2D eigenvalue weighted by Crippen LogP contribution is -2.61. The Morgan fingerprint density at radius 3 is 2.26 bits per heavy atom. The van der Waals surface area contributed by atoms with Crippen LogP contribution in [0, 0.1) is 0 Å². The normalized spacial score (nSPS) is 24.8. The number of carbonyl (C=O) groups excluding carboxylic acids is 1. The number of anilines is 1. The van der Waals surface area contributed by atoms with Crippen molar-refractivity contribution in [3.63, 3.8) is 0 Å². The second-order valence-corrected chi connectivity index (χ2v) is 10.0. The lowest BCUT2D eigenvalue weighted by atomic mass is 10.0. The van der Waals surface area contributed by atoms with Crippen LogP contribution in [0.3, 0.4) is 0 Å². The fraction of sp³-hybridized carbons (Fsp3) is 0.316. The number of fused-ring (bicyclic) bond motifs is 1. The highest BCUT2D eigenvalue weighted by Crippen LogP contribution is 2.34. The topological polar surface area (TPSA) is 57.7 Å². The molecule has 0 saturated carbocycles. The molecule has 2 aromatic rings. The van der Waals surface area contributed by atoms with Gasteiger partial charge in [0.25, 0.3) is 0 Å². The van der Waals surface area contributed by atoms with Crippen LogP contribution in [0.2, 0.25) is 10.0 Å². The third-order valence-electron chi connectivity index (χ3n) is 5.06. The molecule has 27 heavy (non-hydrogen) atoms. The van der Waals surface area contributed by atoms with Gasteiger partial charge in [-0.2, -0.15) is 0 Å². The van der Waals surface area contributed by atoms with Crippen LogP contribution >= 0.6 is 23.2 Å². The summed E-state index contributed by atoms with van der Waals surface area (Å²) in [6.45, 7) is 0.684. The molecule has 2 saturated heterocycles. The molecule has 0 bridgehead atoms. The van der Waals surface area contributed by atoms with Crippen molar-refractivity contribution in [3.05, 3.63) is 64.1 Å². The van der Waals surface area contributed by atoms with Crippen LogP contribution in [-0.4, -0.2) is 49.4 Å². The number of carbonyl (C=O) groups is 1. The molecule has 2 aromatic carbocycles. The van der Waals surface area contributed by atoms with Crippen molar-refractivity contribution in [3.8, 4) is 0 Å². The van der Waals surface area contributed by atoms with Crippen molar-refractivity contribution in [2.24, 2.45) is 0 Å². The highest BCUT2D eigenvalue weighted by molar-refractivity contribution is 7.91. The molecule has 1 amide bonds. The van der Waals surface area contributed by atoms with E-state index >= 15 is 0 Å². The Morgan fingerprint density at radius 2 is 1.59 bits per heavy atom. The average Bonchev–Trinajstić information content (AvgIpc) is 2.90. The Balaban J connectivity index is 1.70. The van der Waals surface area contributed by atoms with E-state index in [-0.39, 0.29) is 30.0 Å². The van der Waals surface area contributed by atoms with Crippen molar-refractivity contribution in [1.29, 1.82) is 0 Å². The zero-order valence-electron chi connectivity index (χ0n) is 14.4. The summed E-state index contributed by atoms with van der Waals surface area (Å²) < 4.78 is 24.8. The third kappa shape index (κ3) is 3.85. The van der Waals surface area contributed by atoms with E-state index in [1.807, 2.05) is 35.2 Å². The van der Waals surface area contributed by atoms with Crippen LogP contribution in [0.5, 0.6) is 0 Å². The highest BCUT2D eigenvalue weighted by Gasteiger charge is 2.49. The molecule has 2 fully saturated rings. The van der Waals surface area contributed by atoms with Crippen molar-refractivity contribution < 1.29 is 13.2 Å². The number of benzene rings is 2. The summed E-state index contributed by atoms with van der Waals surface area (Å²) in [6, 6.07) is 13.9. The van der Waals surface area contributed by atoms with E-state index in [1.54, 1.807) is 23.1 Å². The summed E-state index contributed by atoms with van der Waals surface area (Å²) in [5, 5.41) is 0.823. The molecule has 2 heterocycles. The molecule has 142 valence electrons. The number of hydrogen-bond donors (Lipinski definition) is 0. The van der Waals surface area contributed by atoms with Gasteiger partial charge in [-0.15, -0.1) is 0 Å². The van der Waals surface area contributed by atoms with Gasteiger partial charge >= 0.3 is 0 Å². The number of amides is 1. The van der Waals surface area contributed by atoms with E-state index in [1.165, 1.54) is 0 Å². The van der Waals surface area contributed by atoms with Crippen molar-refractivity contribution >= 4 is 44.6 Å². The Morgan fingerprint density at radius 1 is 0.963 bits per heavy atom. The fourth-order valence-electron chi connectivity index (χ4n) is 3.96. The highest BCUT2D eigenvalue weighted by atomic mass is 35.5. The van der Waals surface area contributed by atoms with Gasteiger partial charge in [-0.3, -0.25) is 9.69 Å².